The Balaban J connectivity index is 1.83. The topological polar surface area (TPSA) is 99.2 Å². The lowest BCUT2D eigenvalue weighted by Gasteiger charge is -2.30. The van der Waals surface area contributed by atoms with Gasteiger partial charge in [-0.3, -0.25) is 4.98 Å². The van der Waals surface area contributed by atoms with Crippen LogP contribution in [0.2, 0.25) is 0 Å². The third-order valence-electron chi connectivity index (χ3n) is 5.52. The van der Waals surface area contributed by atoms with E-state index >= 15 is 0 Å². The fourth-order valence-corrected chi connectivity index (χ4v) is 4.93. The number of aromatic amines is 1. The van der Waals surface area contributed by atoms with Gasteiger partial charge in [0, 0.05) is 19.7 Å². The van der Waals surface area contributed by atoms with Crippen LogP contribution < -0.4 is 0 Å². The predicted octanol–water partition coefficient (Wildman–Crippen LogP) is 2.88. The first-order chi connectivity index (χ1) is 13.8. The number of nitrogens with zero attached hydrogens (tertiary/aromatic N) is 3. The molecule has 3 rings (SSSR count). The number of H-pyrrole nitrogens is 1. The van der Waals surface area contributed by atoms with E-state index in [0.29, 0.717) is 6.42 Å². The molecule has 0 bridgehead atoms. The van der Waals surface area contributed by atoms with Crippen molar-refractivity contribution in [1.82, 2.24) is 19.3 Å². The first-order valence-corrected chi connectivity index (χ1v) is 11.2. The number of nitrogens with one attached hydrogen (secondary N) is 1. The van der Waals surface area contributed by atoms with Crippen LogP contribution in [0.1, 0.15) is 37.4 Å². The summed E-state index contributed by atoms with van der Waals surface area (Å²) in [5.41, 5.74) is 3.57. The summed E-state index contributed by atoms with van der Waals surface area (Å²) in [5.74, 6) is 0.890. The van der Waals surface area contributed by atoms with Gasteiger partial charge in [0.15, 0.2) is 0 Å². The van der Waals surface area contributed by atoms with Gasteiger partial charge >= 0.3 is 0 Å². The molecule has 0 saturated heterocycles. The van der Waals surface area contributed by atoms with Gasteiger partial charge in [-0.05, 0) is 36.6 Å². The molecule has 2 aromatic heterocycles. The molecule has 2 atom stereocenters. The lowest BCUT2D eigenvalue weighted by molar-refractivity contribution is 0.158. The molecule has 0 unspecified atom stereocenters. The van der Waals surface area contributed by atoms with Crippen LogP contribution in [0.25, 0.3) is 11.0 Å². The SMILES string of the molecule is CC[C@H](C)[C@@H](CO)N(C)S(=O)(=O)c1ccc(Cc2nccc3[nH]c(C)nc23)cc1. The summed E-state index contributed by atoms with van der Waals surface area (Å²) in [4.78, 5) is 12.4. The molecule has 0 saturated carbocycles. The molecular formula is C21H28N4O3S. The van der Waals surface area contributed by atoms with Gasteiger partial charge < -0.3 is 10.1 Å². The molecule has 0 radical (unpaired) electrons. The highest BCUT2D eigenvalue weighted by molar-refractivity contribution is 7.89. The molecule has 7 nitrogen and oxygen atoms in total. The minimum Gasteiger partial charge on any atom is -0.395 e. The highest BCUT2D eigenvalue weighted by Crippen LogP contribution is 2.23. The summed E-state index contributed by atoms with van der Waals surface area (Å²) >= 11 is 0. The standard InChI is InChI=1S/C21H28N4O3S/c1-5-14(2)20(13-26)25(4)29(27,28)17-8-6-16(7-9-17)12-19-21-18(10-11-22-19)23-15(3)24-21/h6-11,14,20,26H,5,12-13H2,1-4H3,(H,23,24)/t14-,20+/m0/s1. The predicted molar refractivity (Wildman–Crippen MR) is 113 cm³/mol. The van der Waals surface area contributed by atoms with Crippen molar-refractivity contribution in [3.63, 3.8) is 0 Å². The lowest BCUT2D eigenvalue weighted by Crippen LogP contribution is -2.43. The molecule has 0 aliphatic carbocycles. The average Bonchev–Trinajstić information content (AvgIpc) is 3.10. The Hall–Kier alpha value is -2.29. The van der Waals surface area contributed by atoms with Crippen molar-refractivity contribution < 1.29 is 13.5 Å². The minimum absolute atomic E-state index is 0.0583. The number of likely N-dealkylation sites (N-methyl/N-ethyl adjacent to an activating group) is 1. The number of rotatable bonds is 8. The first-order valence-electron chi connectivity index (χ1n) is 9.76. The van der Waals surface area contributed by atoms with Crippen molar-refractivity contribution in [3.05, 3.63) is 53.6 Å². The second kappa shape index (κ2) is 8.61. The van der Waals surface area contributed by atoms with E-state index in [0.717, 1.165) is 34.5 Å². The second-order valence-electron chi connectivity index (χ2n) is 7.45. The van der Waals surface area contributed by atoms with E-state index in [1.165, 1.54) is 11.4 Å². The fourth-order valence-electron chi connectivity index (χ4n) is 3.49. The summed E-state index contributed by atoms with van der Waals surface area (Å²) in [5, 5.41) is 9.68. The van der Waals surface area contributed by atoms with E-state index in [4.69, 9.17) is 0 Å². The Morgan fingerprint density at radius 3 is 2.52 bits per heavy atom. The van der Waals surface area contributed by atoms with Crippen LogP contribution in [0, 0.1) is 12.8 Å². The molecule has 2 heterocycles. The minimum atomic E-state index is -3.69. The molecule has 2 N–H and O–H groups in total. The zero-order chi connectivity index (χ0) is 21.2. The Morgan fingerprint density at radius 2 is 1.90 bits per heavy atom. The number of aliphatic hydroxyl groups excluding tert-OH is 1. The molecule has 0 aliphatic rings. The van der Waals surface area contributed by atoms with Crippen molar-refractivity contribution in [3.8, 4) is 0 Å². The van der Waals surface area contributed by atoms with E-state index in [2.05, 4.69) is 15.0 Å². The van der Waals surface area contributed by atoms with Gasteiger partial charge in [-0.25, -0.2) is 13.4 Å². The van der Waals surface area contributed by atoms with Gasteiger partial charge in [-0.2, -0.15) is 4.31 Å². The van der Waals surface area contributed by atoms with Crippen LogP contribution in [0.5, 0.6) is 0 Å². The summed E-state index contributed by atoms with van der Waals surface area (Å²) in [6.07, 6.45) is 3.09. The maximum absolute atomic E-state index is 13.0. The molecule has 3 aromatic rings. The number of hydrogen-bond acceptors (Lipinski definition) is 5. The number of pyridine rings is 1. The quantitative estimate of drug-likeness (QED) is 0.588. The van der Waals surface area contributed by atoms with Crippen LogP contribution in [0.15, 0.2) is 41.4 Å². The summed E-state index contributed by atoms with van der Waals surface area (Å²) in [6.45, 7) is 5.62. The van der Waals surface area contributed by atoms with Gasteiger partial charge in [0.05, 0.1) is 28.8 Å². The van der Waals surface area contributed by atoms with Gasteiger partial charge in [-0.1, -0.05) is 32.4 Å². The number of aromatic nitrogens is 3. The Kier molecular flexibility index (Phi) is 6.36. The third kappa shape index (κ3) is 4.34. The van der Waals surface area contributed by atoms with Crippen LogP contribution in [-0.2, 0) is 16.4 Å². The second-order valence-corrected chi connectivity index (χ2v) is 9.45. The lowest BCUT2D eigenvalue weighted by atomic mass is 10.0. The normalized spacial score (nSPS) is 14.4. The molecular weight excluding hydrogens is 388 g/mol. The maximum atomic E-state index is 13.0. The van der Waals surface area contributed by atoms with Gasteiger partial charge in [0.2, 0.25) is 10.0 Å². The first kappa shape index (κ1) is 21.4. The number of hydrogen-bond donors (Lipinski definition) is 2. The zero-order valence-electron chi connectivity index (χ0n) is 17.3. The largest absolute Gasteiger partial charge is 0.395 e. The number of aryl methyl sites for hydroxylation is 1. The molecule has 0 spiro atoms. The van der Waals surface area contributed by atoms with Crippen molar-refractivity contribution in [2.45, 2.75) is 44.6 Å². The Bertz CT molecular complexity index is 1080. The molecule has 156 valence electrons. The summed E-state index contributed by atoms with van der Waals surface area (Å²) < 4.78 is 27.3. The van der Waals surface area contributed by atoms with Crippen molar-refractivity contribution >= 4 is 21.1 Å². The fraction of sp³-hybridized carbons (Fsp3) is 0.429. The van der Waals surface area contributed by atoms with E-state index in [-0.39, 0.29) is 17.4 Å². The molecule has 0 amide bonds. The Labute approximate surface area is 171 Å². The molecule has 29 heavy (non-hydrogen) atoms. The highest BCUT2D eigenvalue weighted by atomic mass is 32.2. The smallest absolute Gasteiger partial charge is 0.243 e. The molecule has 1 aromatic carbocycles. The number of imidazole rings is 1. The van der Waals surface area contributed by atoms with Gasteiger partial charge in [-0.15, -0.1) is 0 Å². The zero-order valence-corrected chi connectivity index (χ0v) is 18.1. The van der Waals surface area contributed by atoms with Gasteiger partial charge in [0.25, 0.3) is 0 Å². The van der Waals surface area contributed by atoms with Crippen molar-refractivity contribution in [1.29, 1.82) is 0 Å². The van der Waals surface area contributed by atoms with Gasteiger partial charge in [0.1, 0.15) is 11.3 Å². The number of aliphatic hydroxyl groups is 1. The summed E-state index contributed by atoms with van der Waals surface area (Å²) in [6, 6.07) is 8.27. The molecule has 0 aliphatic heterocycles. The van der Waals surface area contributed by atoms with Crippen molar-refractivity contribution in [2.24, 2.45) is 5.92 Å². The Morgan fingerprint density at radius 1 is 1.21 bits per heavy atom. The number of sulfonamides is 1. The maximum Gasteiger partial charge on any atom is 0.243 e. The average molecular weight is 417 g/mol. The molecule has 0 fully saturated rings. The van der Waals surface area contributed by atoms with Crippen molar-refractivity contribution in [2.75, 3.05) is 13.7 Å². The van der Waals surface area contributed by atoms with E-state index in [1.54, 1.807) is 30.5 Å². The summed E-state index contributed by atoms with van der Waals surface area (Å²) in [7, 11) is -2.16. The van der Waals surface area contributed by atoms with Crippen LogP contribution in [-0.4, -0.2) is 52.5 Å². The van der Waals surface area contributed by atoms with E-state index in [1.807, 2.05) is 26.8 Å². The van der Waals surface area contributed by atoms with Crippen LogP contribution >= 0.6 is 0 Å². The number of fused-ring (bicyclic) bond motifs is 1. The molecule has 8 heteroatoms. The van der Waals surface area contributed by atoms with E-state index in [9.17, 15) is 13.5 Å². The van der Waals surface area contributed by atoms with E-state index < -0.39 is 16.1 Å². The highest BCUT2D eigenvalue weighted by Gasteiger charge is 2.30. The van der Waals surface area contributed by atoms with Crippen LogP contribution in [0.4, 0.5) is 0 Å². The number of benzene rings is 1. The van der Waals surface area contributed by atoms with Crippen LogP contribution in [0.3, 0.4) is 0 Å². The monoisotopic (exact) mass is 416 g/mol. The third-order valence-corrected chi connectivity index (χ3v) is 7.42.